The van der Waals surface area contributed by atoms with Crippen LogP contribution in [0.5, 0.6) is 0 Å². The summed E-state index contributed by atoms with van der Waals surface area (Å²) in [4.78, 5) is 16.5. The summed E-state index contributed by atoms with van der Waals surface area (Å²) >= 11 is 1.15. The summed E-state index contributed by atoms with van der Waals surface area (Å²) in [6, 6.07) is 0. The fraction of sp³-hybridized carbons (Fsp3) is 0.500. The second-order valence-corrected chi connectivity index (χ2v) is 8.14. The van der Waals surface area contributed by atoms with Gasteiger partial charge in [0.25, 0.3) is 0 Å². The molecule has 20 heavy (non-hydrogen) atoms. The molecule has 1 aromatic rings. The maximum atomic E-state index is 12.0. The van der Waals surface area contributed by atoms with Crippen LogP contribution >= 0.6 is 11.3 Å². The number of carbonyl (C=O) groups is 1. The van der Waals surface area contributed by atoms with E-state index in [1.54, 1.807) is 0 Å². The highest BCUT2D eigenvalue weighted by Gasteiger charge is 2.38. The maximum absolute atomic E-state index is 12.0. The van der Waals surface area contributed by atoms with Crippen molar-refractivity contribution in [2.24, 2.45) is 0 Å². The lowest BCUT2D eigenvalue weighted by Gasteiger charge is -2.20. The molecule has 110 valence electrons. The van der Waals surface area contributed by atoms with Crippen molar-refractivity contribution in [1.82, 2.24) is 4.98 Å². The highest BCUT2D eigenvalue weighted by atomic mass is 32.2. The molecule has 1 amide bonds. The molecule has 2 N–H and O–H groups in total. The molecule has 8 heteroatoms. The van der Waals surface area contributed by atoms with Crippen LogP contribution in [0.2, 0.25) is 0 Å². The number of rotatable bonds is 4. The largest absolute Gasteiger partial charge is 0.395 e. The van der Waals surface area contributed by atoms with E-state index in [1.807, 2.05) is 0 Å². The van der Waals surface area contributed by atoms with Gasteiger partial charge in [0.15, 0.2) is 15.0 Å². The molecule has 0 bridgehead atoms. The molecule has 0 atom stereocenters. The third-order valence-electron chi connectivity index (χ3n) is 2.65. The first-order valence-electron chi connectivity index (χ1n) is 5.75. The molecule has 0 spiro atoms. The first-order chi connectivity index (χ1) is 9.18. The van der Waals surface area contributed by atoms with Gasteiger partial charge < -0.3 is 10.4 Å². The lowest BCUT2D eigenvalue weighted by molar-refractivity contribution is -0.117. The Morgan fingerprint density at radius 3 is 2.75 bits per heavy atom. The molecule has 0 unspecified atom stereocenters. The van der Waals surface area contributed by atoms with Gasteiger partial charge in [0, 0.05) is 12.7 Å². The molecule has 0 aliphatic heterocycles. The van der Waals surface area contributed by atoms with Gasteiger partial charge in [0.1, 0.15) is 4.75 Å². The van der Waals surface area contributed by atoms with Gasteiger partial charge in [-0.15, -0.1) is 0 Å². The van der Waals surface area contributed by atoms with Crippen molar-refractivity contribution in [2.75, 3.05) is 18.2 Å². The van der Waals surface area contributed by atoms with E-state index in [2.05, 4.69) is 22.1 Å². The van der Waals surface area contributed by atoms with E-state index in [-0.39, 0.29) is 6.61 Å². The van der Waals surface area contributed by atoms with E-state index in [1.165, 1.54) is 20.0 Å². The summed E-state index contributed by atoms with van der Waals surface area (Å²) in [5.74, 6) is 4.88. The number of aliphatic hydroxyl groups is 1. The minimum Gasteiger partial charge on any atom is -0.395 e. The van der Waals surface area contributed by atoms with Gasteiger partial charge in [-0.2, -0.15) is 0 Å². The van der Waals surface area contributed by atoms with Crippen LogP contribution < -0.4 is 5.32 Å². The summed E-state index contributed by atoms with van der Waals surface area (Å²) in [6.07, 6.45) is 2.86. The van der Waals surface area contributed by atoms with Crippen LogP contribution in [-0.4, -0.2) is 42.0 Å². The third-order valence-corrected chi connectivity index (χ3v) is 5.52. The minimum absolute atomic E-state index is 0.0159. The van der Waals surface area contributed by atoms with Crippen molar-refractivity contribution < 1.29 is 18.3 Å². The summed E-state index contributed by atoms with van der Waals surface area (Å²) in [7, 11) is -3.52. The molecule has 1 heterocycles. The predicted octanol–water partition coefficient (Wildman–Crippen LogP) is 0.639. The zero-order chi connectivity index (χ0) is 15.4. The van der Waals surface area contributed by atoms with E-state index in [4.69, 9.17) is 5.11 Å². The van der Waals surface area contributed by atoms with Crippen LogP contribution in [0, 0.1) is 11.8 Å². The Labute approximate surface area is 122 Å². The number of hydrogen-bond donors (Lipinski definition) is 2. The highest BCUT2D eigenvalue weighted by molar-refractivity contribution is 7.92. The van der Waals surface area contributed by atoms with E-state index >= 15 is 0 Å². The lowest BCUT2D eigenvalue weighted by atomic mass is 10.2. The number of sulfone groups is 1. The van der Waals surface area contributed by atoms with Crippen molar-refractivity contribution in [3.8, 4) is 11.8 Å². The predicted molar refractivity (Wildman–Crippen MR) is 78.2 cm³/mol. The second kappa shape index (κ2) is 6.35. The molecular formula is C12H16N2O4S2. The van der Waals surface area contributed by atoms with Crippen molar-refractivity contribution >= 4 is 32.2 Å². The monoisotopic (exact) mass is 316 g/mol. The Hall–Kier alpha value is -1.43. The number of hydrogen-bond acceptors (Lipinski definition) is 6. The van der Waals surface area contributed by atoms with Crippen LogP contribution in [-0.2, 0) is 14.6 Å². The number of aromatic nitrogens is 1. The fourth-order valence-corrected chi connectivity index (χ4v) is 2.09. The number of nitrogens with one attached hydrogen (secondary N) is 1. The van der Waals surface area contributed by atoms with Crippen molar-refractivity contribution in [3.05, 3.63) is 11.1 Å². The van der Waals surface area contributed by atoms with Gasteiger partial charge in [-0.25, -0.2) is 13.4 Å². The summed E-state index contributed by atoms with van der Waals surface area (Å²) in [5, 5.41) is 11.4. The van der Waals surface area contributed by atoms with Crippen LogP contribution in [0.1, 0.15) is 25.1 Å². The van der Waals surface area contributed by atoms with Gasteiger partial charge in [0.05, 0.1) is 17.7 Å². The SMILES string of the molecule is CC(C)(C(=O)Nc1ncc(C#CCCO)s1)S(C)(=O)=O. The van der Waals surface area contributed by atoms with E-state index < -0.39 is 20.5 Å². The normalized spacial score (nSPS) is 11.6. The number of amides is 1. The molecule has 1 rings (SSSR count). The van der Waals surface area contributed by atoms with Crippen LogP contribution in [0.15, 0.2) is 6.20 Å². The number of thiazole rings is 1. The molecular weight excluding hydrogens is 300 g/mol. The molecule has 0 aromatic carbocycles. The van der Waals surface area contributed by atoms with Crippen LogP contribution in [0.4, 0.5) is 5.13 Å². The maximum Gasteiger partial charge on any atom is 0.247 e. The van der Waals surface area contributed by atoms with Crippen molar-refractivity contribution in [1.29, 1.82) is 0 Å². The number of anilines is 1. The number of nitrogens with zero attached hydrogens (tertiary/aromatic N) is 1. The van der Waals surface area contributed by atoms with Gasteiger partial charge in [-0.3, -0.25) is 4.79 Å². The van der Waals surface area contributed by atoms with Crippen molar-refractivity contribution in [3.63, 3.8) is 0 Å². The number of carbonyl (C=O) groups excluding carboxylic acids is 1. The molecule has 0 radical (unpaired) electrons. The Balaban J connectivity index is 2.81. The molecule has 0 fully saturated rings. The Morgan fingerprint density at radius 1 is 1.55 bits per heavy atom. The standard InChI is InChI=1S/C12H16N2O4S2/c1-12(2,20(3,17)18)10(16)14-11-13-8-9(19-11)6-4-5-7-15/h8,15H,5,7H2,1-3H3,(H,13,14,16). The summed E-state index contributed by atoms with van der Waals surface area (Å²) in [5.41, 5.74) is 0. The molecule has 0 saturated carbocycles. The summed E-state index contributed by atoms with van der Waals surface area (Å²) in [6.45, 7) is 2.67. The summed E-state index contributed by atoms with van der Waals surface area (Å²) < 4.78 is 21.6. The molecule has 0 aliphatic rings. The van der Waals surface area contributed by atoms with Gasteiger partial charge in [-0.05, 0) is 13.8 Å². The Morgan fingerprint density at radius 2 is 2.20 bits per heavy atom. The first-order valence-corrected chi connectivity index (χ1v) is 8.46. The lowest BCUT2D eigenvalue weighted by Crippen LogP contribution is -2.43. The fourth-order valence-electron chi connectivity index (χ4n) is 1.01. The zero-order valence-electron chi connectivity index (χ0n) is 11.4. The van der Waals surface area contributed by atoms with Gasteiger partial charge in [0.2, 0.25) is 5.91 Å². The third kappa shape index (κ3) is 4.03. The smallest absolute Gasteiger partial charge is 0.247 e. The van der Waals surface area contributed by atoms with E-state index in [0.29, 0.717) is 16.4 Å². The molecule has 0 aliphatic carbocycles. The quantitative estimate of drug-likeness (QED) is 0.795. The second-order valence-electron chi connectivity index (χ2n) is 4.54. The van der Waals surface area contributed by atoms with Gasteiger partial charge in [-0.1, -0.05) is 23.2 Å². The van der Waals surface area contributed by atoms with Crippen LogP contribution in [0.25, 0.3) is 0 Å². The Bertz CT molecular complexity index is 650. The van der Waals surface area contributed by atoms with Gasteiger partial charge >= 0.3 is 0 Å². The molecule has 1 aromatic heterocycles. The van der Waals surface area contributed by atoms with E-state index in [9.17, 15) is 13.2 Å². The average molecular weight is 316 g/mol. The van der Waals surface area contributed by atoms with Crippen molar-refractivity contribution in [2.45, 2.75) is 25.0 Å². The minimum atomic E-state index is -3.52. The molecule has 0 saturated heterocycles. The van der Waals surface area contributed by atoms with Crippen LogP contribution in [0.3, 0.4) is 0 Å². The average Bonchev–Trinajstić information content (AvgIpc) is 2.75. The first kappa shape index (κ1) is 16.6. The highest BCUT2D eigenvalue weighted by Crippen LogP contribution is 2.21. The number of aliphatic hydroxyl groups excluding tert-OH is 1. The zero-order valence-corrected chi connectivity index (χ0v) is 13.1. The topological polar surface area (TPSA) is 96.4 Å². The Kier molecular flexibility index (Phi) is 5.28. The molecule has 6 nitrogen and oxygen atoms in total. The van der Waals surface area contributed by atoms with E-state index in [0.717, 1.165) is 17.6 Å².